The molecule has 0 spiro atoms. The molecule has 1 fully saturated rings. The number of hydrogen-bond acceptors (Lipinski definition) is 14. The number of amides is 4. The zero-order valence-electron chi connectivity index (χ0n) is 21.8. The van der Waals surface area contributed by atoms with Gasteiger partial charge < -0.3 is 41.9 Å². The number of β-lactam (4-membered cyclic amide) rings is 1. The monoisotopic (exact) mass is 666 g/mol. The molecule has 2 atom stereocenters. The molecule has 1 saturated heterocycles. The van der Waals surface area contributed by atoms with E-state index in [1.807, 2.05) is 0 Å². The van der Waals surface area contributed by atoms with Crippen LogP contribution in [-0.4, -0.2) is 96.2 Å². The van der Waals surface area contributed by atoms with Gasteiger partial charge in [-0.2, -0.15) is 13.1 Å². The van der Waals surface area contributed by atoms with E-state index in [9.17, 15) is 52.4 Å². The average Bonchev–Trinajstić information content (AvgIpc) is 3.22. The first kappa shape index (κ1) is 32.8. The second kappa shape index (κ2) is 12.3. The Bertz CT molecular complexity index is 1670. The van der Waals surface area contributed by atoms with Crippen LogP contribution in [0.1, 0.15) is 25.2 Å². The lowest BCUT2D eigenvalue weighted by atomic mass is 9.98. The Morgan fingerprint density at radius 3 is 2.49 bits per heavy atom. The largest absolute Gasteiger partial charge is 0.503 e. The molecular formula is C20H23ClN8O12S2. The van der Waals surface area contributed by atoms with Crippen molar-refractivity contribution in [2.24, 2.45) is 5.16 Å². The van der Waals surface area contributed by atoms with Gasteiger partial charge in [0.2, 0.25) is 11.0 Å². The molecule has 4 amide bonds. The van der Waals surface area contributed by atoms with Crippen LogP contribution in [0.25, 0.3) is 0 Å². The van der Waals surface area contributed by atoms with Crippen LogP contribution < -0.4 is 27.1 Å². The number of halogens is 1. The molecule has 0 unspecified atom stereocenters. The maximum absolute atomic E-state index is 13.2. The molecule has 9 N–H and O–H groups in total. The third-order valence-corrected chi connectivity index (χ3v) is 7.65. The van der Waals surface area contributed by atoms with Gasteiger partial charge in [0, 0.05) is 12.6 Å². The molecule has 0 aliphatic carbocycles. The summed E-state index contributed by atoms with van der Waals surface area (Å²) in [6.45, 7) is 1.09. The Morgan fingerprint density at radius 1 is 1.28 bits per heavy atom. The van der Waals surface area contributed by atoms with Gasteiger partial charge in [-0.25, -0.2) is 18.9 Å². The number of oxime groups is 1. The van der Waals surface area contributed by atoms with Crippen LogP contribution in [0, 0.1) is 0 Å². The third-order valence-electron chi connectivity index (χ3n) is 5.62. The molecule has 0 saturated carbocycles. The average molecular weight is 667 g/mol. The van der Waals surface area contributed by atoms with E-state index in [-0.39, 0.29) is 25.2 Å². The highest BCUT2D eigenvalue weighted by Gasteiger charge is 2.54. The van der Waals surface area contributed by atoms with Gasteiger partial charge in [-0.3, -0.25) is 18.9 Å². The second-order valence-electron chi connectivity index (χ2n) is 9.07. The number of rotatable bonds is 11. The summed E-state index contributed by atoms with van der Waals surface area (Å²) in [7, 11) is -5.17. The predicted octanol–water partition coefficient (Wildman–Crippen LogP) is -1.93. The maximum atomic E-state index is 13.2. The van der Waals surface area contributed by atoms with Crippen molar-refractivity contribution in [3.8, 4) is 5.75 Å². The first-order valence-electron chi connectivity index (χ1n) is 11.5. The van der Waals surface area contributed by atoms with Crippen molar-refractivity contribution in [1.82, 2.24) is 30.0 Å². The highest BCUT2D eigenvalue weighted by Crippen LogP contribution is 2.28. The summed E-state index contributed by atoms with van der Waals surface area (Å²) < 4.78 is 33.3. The molecule has 1 aliphatic heterocycles. The van der Waals surface area contributed by atoms with Crippen LogP contribution in [-0.2, 0) is 36.1 Å². The van der Waals surface area contributed by atoms with Gasteiger partial charge in [-0.15, -0.1) is 0 Å². The number of aromatic nitrogens is 2. The van der Waals surface area contributed by atoms with Crippen molar-refractivity contribution >= 4 is 67.9 Å². The minimum absolute atomic E-state index is 0.0156. The summed E-state index contributed by atoms with van der Waals surface area (Å²) in [4.78, 5) is 69.8. The zero-order valence-corrected chi connectivity index (χ0v) is 24.2. The molecule has 3 rings (SSSR count). The quantitative estimate of drug-likeness (QED) is 0.0426. The van der Waals surface area contributed by atoms with Gasteiger partial charge in [0.25, 0.3) is 11.8 Å². The van der Waals surface area contributed by atoms with Crippen LogP contribution in [0.15, 0.2) is 22.2 Å². The Labute approximate surface area is 249 Å². The molecule has 0 bridgehead atoms. The summed E-state index contributed by atoms with van der Waals surface area (Å²) in [5.74, 6) is -4.78. The van der Waals surface area contributed by atoms with Crippen molar-refractivity contribution in [2.45, 2.75) is 38.1 Å². The van der Waals surface area contributed by atoms with Crippen molar-refractivity contribution < 1.29 is 52.4 Å². The van der Waals surface area contributed by atoms with E-state index >= 15 is 0 Å². The number of nitrogens with one attached hydrogen (secondary N) is 3. The number of carbonyl (C=O) groups excluding carboxylic acids is 3. The van der Waals surface area contributed by atoms with Gasteiger partial charge in [-0.05, 0) is 13.8 Å². The smallest absolute Gasteiger partial charge is 0.362 e. The SMILES string of the molecule is CC(C)(O/N=C(\C(=O)N[C@@H]1C(=O)N(S(=O)(=O)O)[C@@H]1CNC(=O)NCc1cc(=O)c(O)cn1O)c1nc(N)sc1Cl)C(=O)O. The second-order valence-corrected chi connectivity index (χ2v) is 12.0. The maximum Gasteiger partial charge on any atom is 0.362 e. The minimum Gasteiger partial charge on any atom is -0.503 e. The van der Waals surface area contributed by atoms with Crippen LogP contribution in [0.4, 0.5) is 9.93 Å². The normalized spacial score (nSPS) is 17.2. The number of thiazole rings is 1. The van der Waals surface area contributed by atoms with Crippen LogP contribution in [0.2, 0.25) is 4.34 Å². The van der Waals surface area contributed by atoms with Crippen molar-refractivity contribution in [3.05, 3.63) is 38.2 Å². The first-order valence-corrected chi connectivity index (χ1v) is 14.1. The number of hydrogen-bond donors (Lipinski definition) is 8. The lowest BCUT2D eigenvalue weighted by Crippen LogP contribution is -2.74. The number of nitrogens with zero attached hydrogens (tertiary/aromatic N) is 4. The van der Waals surface area contributed by atoms with Crippen LogP contribution in [0.5, 0.6) is 5.75 Å². The number of nitrogens with two attached hydrogens (primary N) is 1. The van der Waals surface area contributed by atoms with E-state index in [1.54, 1.807) is 0 Å². The number of urea groups is 1. The predicted molar refractivity (Wildman–Crippen MR) is 145 cm³/mol. The van der Waals surface area contributed by atoms with Gasteiger partial charge in [0.15, 0.2) is 16.6 Å². The molecule has 20 nitrogen and oxygen atoms in total. The van der Waals surface area contributed by atoms with Crippen molar-refractivity contribution in [1.29, 1.82) is 0 Å². The number of aromatic hydroxyl groups is 1. The zero-order chi connectivity index (χ0) is 32.4. The summed E-state index contributed by atoms with van der Waals surface area (Å²) in [5.41, 5.74) is 1.57. The molecular weight excluding hydrogens is 644 g/mol. The fourth-order valence-corrected chi connectivity index (χ4v) is 5.15. The lowest BCUT2D eigenvalue weighted by Gasteiger charge is -2.44. The third kappa shape index (κ3) is 7.40. The number of anilines is 1. The van der Waals surface area contributed by atoms with E-state index < -0.39 is 81.8 Å². The lowest BCUT2D eigenvalue weighted by molar-refractivity contribution is -0.161. The Balaban J connectivity index is 1.79. The molecule has 2 aromatic heterocycles. The molecule has 0 aromatic carbocycles. The number of aliphatic carboxylic acids is 1. The Morgan fingerprint density at radius 2 is 1.93 bits per heavy atom. The standard InChI is InChI=1S/C20H23ClN8O12S2/c1-20(2,17(34)35)41-27-13(12-14(21)42-18(22)26-12)15(32)25-11-8(29(16(11)33)43(38,39)40)5-24-19(36)23-4-7-3-9(30)10(31)6-28(7)37/h3,6,8,11,31,37H,4-5H2,1-2H3,(H2,22,26)(H,25,32)(H,34,35)(H2,23,24,36)(H,38,39,40)/b27-13-/t8-,11+/m1/s1. The molecule has 23 heteroatoms. The molecule has 234 valence electrons. The molecule has 3 heterocycles. The fraction of sp³-hybridized carbons (Fsp3) is 0.350. The number of carboxylic acids is 1. The van der Waals surface area contributed by atoms with Gasteiger partial charge in [0.1, 0.15) is 16.1 Å². The summed E-state index contributed by atoms with van der Waals surface area (Å²) in [6, 6.07) is -3.46. The van der Waals surface area contributed by atoms with E-state index in [2.05, 4.69) is 26.1 Å². The highest BCUT2D eigenvalue weighted by atomic mass is 35.5. The van der Waals surface area contributed by atoms with E-state index in [1.165, 1.54) is 0 Å². The fourth-order valence-electron chi connectivity index (χ4n) is 3.34. The van der Waals surface area contributed by atoms with Crippen LogP contribution in [0.3, 0.4) is 0 Å². The summed E-state index contributed by atoms with van der Waals surface area (Å²) >= 11 is 6.79. The first-order chi connectivity index (χ1) is 19.8. The molecule has 1 aliphatic rings. The van der Waals surface area contributed by atoms with Gasteiger partial charge >= 0.3 is 22.3 Å². The highest BCUT2D eigenvalue weighted by molar-refractivity contribution is 7.84. The number of carboxylic acid groups (broad SMARTS) is 1. The number of nitrogen functional groups attached to an aromatic ring is 1. The van der Waals surface area contributed by atoms with Crippen molar-refractivity contribution in [2.75, 3.05) is 12.3 Å². The minimum atomic E-state index is -5.17. The van der Waals surface area contributed by atoms with E-state index in [4.69, 9.17) is 22.2 Å². The van der Waals surface area contributed by atoms with Crippen LogP contribution >= 0.6 is 22.9 Å². The molecule has 2 aromatic rings. The van der Waals surface area contributed by atoms with Crippen molar-refractivity contribution in [3.63, 3.8) is 0 Å². The summed E-state index contributed by atoms with van der Waals surface area (Å²) in [5, 5.41) is 38.3. The topological polar surface area (TPSA) is 305 Å². The van der Waals surface area contributed by atoms with E-state index in [0.717, 1.165) is 31.3 Å². The Kier molecular flexibility index (Phi) is 9.38. The Hall–Kier alpha value is -4.67. The number of carbonyl (C=O) groups is 4. The molecule has 43 heavy (non-hydrogen) atoms. The molecule has 0 radical (unpaired) electrons. The van der Waals surface area contributed by atoms with Gasteiger partial charge in [-0.1, -0.05) is 28.1 Å². The van der Waals surface area contributed by atoms with E-state index in [0.29, 0.717) is 10.9 Å². The number of pyridine rings is 1. The summed E-state index contributed by atoms with van der Waals surface area (Å²) in [6.07, 6.45) is 0.687. The van der Waals surface area contributed by atoms with Gasteiger partial charge in [0.05, 0.1) is 24.5 Å².